The molecule has 0 atom stereocenters. The predicted molar refractivity (Wildman–Crippen MR) is 447 cm³/mol. The van der Waals surface area contributed by atoms with Crippen LogP contribution in [0.5, 0.6) is 69.0 Å². The number of aromatic hydroxyl groups is 2. The fourth-order valence-electron chi connectivity index (χ4n) is 13.6. The standard InChI is InChI=1S/2C46H44O6.2C3H10N2/c2*47-45-37-17-9-18-38(45)30-34-14-2-6-22-42(34)51-27-12-28-52-44-24-8-4-16-36(44)32-40-20-10-19-39(46(40)48)31-35-15-3-7-23-43(35)50-26-11-25-49-41-21-5-1-13-33(41)29-37;2*4-2-1-3-5/h2*1-10,13-24,47-48H,11-12,25-32H2;2*1-5H2. The number of fused-ring (bicyclic) bond motifs is 16. The number of hydrogen-bond donors (Lipinski definition) is 6. The summed E-state index contributed by atoms with van der Waals surface area (Å²) in [5.74, 6) is 6.86. The summed E-state index contributed by atoms with van der Waals surface area (Å²) in [5.41, 5.74) is 31.5. The SMILES string of the molecule is NCCC[NH3+].NCCC[NH3+].Oc1c2cccc1Cc1ccccc1OCCCOc1ccccc1Cc1cccc(c1O)Cc1ccccc1OCCCOc1ccccc1C2.[O-]c1c2cccc1Cc1ccccc1OCCCOc1ccccc1Cc1cccc(c1[O-])Cc1ccccc1OCCCOc1ccccc1C2. The normalized spacial score (nSPS) is 13.6. The Hall–Kier alpha value is -11.9. The number of nitrogens with two attached hydrogens (primary N) is 2. The summed E-state index contributed by atoms with van der Waals surface area (Å²) in [7, 11) is 0. The Morgan fingerprint density at radius 2 is 0.377 bits per heavy atom. The van der Waals surface area contributed by atoms with E-state index in [4.69, 9.17) is 49.4 Å². The smallest absolute Gasteiger partial charge is 0.122 e. The summed E-state index contributed by atoms with van der Waals surface area (Å²) in [6.45, 7) is 7.25. The van der Waals surface area contributed by atoms with Gasteiger partial charge in [-0.25, -0.2) is 0 Å². The van der Waals surface area contributed by atoms with E-state index in [0.29, 0.717) is 141 Å². The molecular weight excluding hydrogens is 1430 g/mol. The first-order valence-corrected chi connectivity index (χ1v) is 39.9. The fraction of sp³-hybridized carbons (Fsp3) is 0.265. The minimum atomic E-state index is 0.0367. The molecular formula is C98H108N4O12. The van der Waals surface area contributed by atoms with Gasteiger partial charge in [-0.1, -0.05) is 241 Å². The lowest BCUT2D eigenvalue weighted by Crippen LogP contribution is -2.50. The summed E-state index contributed by atoms with van der Waals surface area (Å²) in [6, 6.07) is 86.9. The molecule has 8 bridgehead atoms. The van der Waals surface area contributed by atoms with E-state index in [1.807, 2.05) is 267 Å². The molecule has 2 aliphatic rings. The van der Waals surface area contributed by atoms with E-state index in [1.54, 1.807) is 0 Å². The first-order chi connectivity index (χ1) is 56.1. The maximum atomic E-state index is 13.7. The summed E-state index contributed by atoms with van der Waals surface area (Å²) in [5, 5.41) is 50.4. The van der Waals surface area contributed by atoms with Crippen molar-refractivity contribution in [3.8, 4) is 69.0 Å². The molecule has 12 aromatic carbocycles. The molecule has 0 saturated carbocycles. The molecule has 0 saturated heterocycles. The van der Waals surface area contributed by atoms with Gasteiger partial charge in [-0.3, -0.25) is 0 Å². The molecule has 2 heterocycles. The third-order valence-electron chi connectivity index (χ3n) is 19.7. The van der Waals surface area contributed by atoms with Crippen LogP contribution in [0.2, 0.25) is 0 Å². The number of para-hydroxylation sites is 12. The molecule has 0 fully saturated rings. The molecule has 592 valence electrons. The maximum Gasteiger partial charge on any atom is 0.122 e. The molecule has 114 heavy (non-hydrogen) atoms. The number of phenolic OH excluding ortho intramolecular Hbond substituents is 2. The zero-order valence-corrected chi connectivity index (χ0v) is 65.3. The molecule has 0 spiro atoms. The van der Waals surface area contributed by atoms with E-state index in [0.717, 1.165) is 174 Å². The molecule has 12 aromatic rings. The molecule has 0 aromatic heterocycles. The topological polar surface area (TPSA) is 268 Å². The van der Waals surface area contributed by atoms with Gasteiger partial charge >= 0.3 is 0 Å². The lowest BCUT2D eigenvalue weighted by molar-refractivity contribution is -0.368. The van der Waals surface area contributed by atoms with Gasteiger partial charge in [0.15, 0.2) is 0 Å². The van der Waals surface area contributed by atoms with E-state index in [2.05, 4.69) is 11.5 Å². The Labute approximate surface area is 671 Å². The minimum Gasteiger partial charge on any atom is -0.872 e. The first kappa shape index (κ1) is 83.0. The highest BCUT2D eigenvalue weighted by atomic mass is 16.5. The van der Waals surface area contributed by atoms with Crippen molar-refractivity contribution in [3.05, 3.63) is 356 Å². The van der Waals surface area contributed by atoms with Crippen molar-refractivity contribution in [1.29, 1.82) is 0 Å². The predicted octanol–water partition coefficient (Wildman–Crippen LogP) is 14.8. The Kier molecular flexibility index (Phi) is 32.7. The zero-order chi connectivity index (χ0) is 79.3. The van der Waals surface area contributed by atoms with Gasteiger partial charge in [0.2, 0.25) is 0 Å². The Morgan fingerprint density at radius 3 is 0.535 bits per heavy atom. The lowest BCUT2D eigenvalue weighted by atomic mass is 9.97. The highest BCUT2D eigenvalue weighted by Crippen LogP contribution is 2.37. The number of hydrogen-bond acceptors (Lipinski definition) is 14. The second-order valence-corrected chi connectivity index (χ2v) is 28.1. The van der Waals surface area contributed by atoms with Crippen LogP contribution in [0.15, 0.2) is 267 Å². The molecule has 0 radical (unpaired) electrons. The zero-order valence-electron chi connectivity index (χ0n) is 65.3. The Bertz CT molecular complexity index is 4060. The number of benzene rings is 12. The van der Waals surface area contributed by atoms with Crippen LogP contribution in [0.3, 0.4) is 0 Å². The van der Waals surface area contributed by atoms with E-state index >= 15 is 0 Å². The second kappa shape index (κ2) is 44.9. The van der Waals surface area contributed by atoms with Crippen LogP contribution in [-0.2, 0) is 51.4 Å². The van der Waals surface area contributed by atoms with Gasteiger partial charge in [-0.05, 0) is 128 Å². The van der Waals surface area contributed by atoms with E-state index < -0.39 is 0 Å². The average Bonchev–Trinajstić information content (AvgIpc) is 0.831. The quantitative estimate of drug-likeness (QED) is 0.0957. The summed E-state index contributed by atoms with van der Waals surface area (Å²) >= 11 is 0. The third kappa shape index (κ3) is 24.5. The van der Waals surface area contributed by atoms with E-state index in [1.165, 1.54) is 0 Å². The molecule has 0 amide bonds. The van der Waals surface area contributed by atoms with Gasteiger partial charge in [-0.2, -0.15) is 0 Å². The van der Waals surface area contributed by atoms with Gasteiger partial charge in [-0.15, -0.1) is 11.5 Å². The van der Waals surface area contributed by atoms with Gasteiger partial charge in [0, 0.05) is 89.9 Å². The van der Waals surface area contributed by atoms with Crippen molar-refractivity contribution in [2.75, 3.05) is 79.0 Å². The van der Waals surface area contributed by atoms with Crippen LogP contribution >= 0.6 is 0 Å². The minimum absolute atomic E-state index is 0.0367. The average molecular weight is 1530 g/mol. The van der Waals surface area contributed by atoms with Gasteiger partial charge in [0.25, 0.3) is 0 Å². The molecule has 16 heteroatoms. The molecule has 0 unspecified atom stereocenters. The maximum absolute atomic E-state index is 13.7. The molecule has 2 aliphatic heterocycles. The van der Waals surface area contributed by atoms with Crippen molar-refractivity contribution >= 4 is 0 Å². The van der Waals surface area contributed by atoms with Crippen LogP contribution in [-0.4, -0.2) is 89.2 Å². The van der Waals surface area contributed by atoms with Crippen molar-refractivity contribution in [1.82, 2.24) is 0 Å². The van der Waals surface area contributed by atoms with Crippen LogP contribution in [0, 0.1) is 0 Å². The first-order valence-electron chi connectivity index (χ1n) is 39.9. The van der Waals surface area contributed by atoms with Gasteiger partial charge in [0.1, 0.15) is 57.5 Å². The Morgan fingerprint density at radius 1 is 0.228 bits per heavy atom. The highest BCUT2D eigenvalue weighted by molar-refractivity contribution is 5.54. The fourth-order valence-corrected chi connectivity index (χ4v) is 13.6. The summed E-state index contributed by atoms with van der Waals surface area (Å²) < 4.78 is 50.0. The number of phenols is 2. The van der Waals surface area contributed by atoms with Crippen LogP contribution < -0.4 is 71.0 Å². The monoisotopic (exact) mass is 1530 g/mol. The summed E-state index contributed by atoms with van der Waals surface area (Å²) in [6.07, 6.45) is 8.84. The van der Waals surface area contributed by atoms with Crippen LogP contribution in [0.1, 0.15) is 128 Å². The molecule has 0 aliphatic carbocycles. The molecule has 16 nitrogen and oxygen atoms in total. The molecule has 14 rings (SSSR count). The Balaban J connectivity index is 0.000000201. The molecule has 12 N–H and O–H groups in total. The third-order valence-corrected chi connectivity index (χ3v) is 19.7. The van der Waals surface area contributed by atoms with E-state index in [-0.39, 0.29) is 11.5 Å². The number of ether oxygens (including phenoxy) is 8. The van der Waals surface area contributed by atoms with Crippen LogP contribution in [0.25, 0.3) is 0 Å². The van der Waals surface area contributed by atoms with Crippen LogP contribution in [0.4, 0.5) is 0 Å². The van der Waals surface area contributed by atoms with Gasteiger partial charge < -0.3 is 81.3 Å². The second-order valence-electron chi connectivity index (χ2n) is 28.1. The van der Waals surface area contributed by atoms with Crippen molar-refractivity contribution < 1.29 is 69.8 Å². The highest BCUT2D eigenvalue weighted by Gasteiger charge is 2.19. The summed E-state index contributed by atoms with van der Waals surface area (Å²) in [4.78, 5) is 0. The number of quaternary nitrogens is 2. The number of rotatable bonds is 4. The lowest BCUT2D eigenvalue weighted by Gasteiger charge is -2.21. The van der Waals surface area contributed by atoms with Crippen molar-refractivity contribution in [3.63, 3.8) is 0 Å². The van der Waals surface area contributed by atoms with Gasteiger partial charge in [0.05, 0.1) is 65.9 Å². The largest absolute Gasteiger partial charge is 0.872 e. The van der Waals surface area contributed by atoms with Crippen molar-refractivity contribution in [2.45, 2.75) is 89.9 Å². The van der Waals surface area contributed by atoms with Crippen molar-refractivity contribution in [2.24, 2.45) is 11.5 Å². The van der Waals surface area contributed by atoms with E-state index in [9.17, 15) is 20.4 Å².